The highest BCUT2D eigenvalue weighted by Crippen LogP contribution is 2.29. The van der Waals surface area contributed by atoms with E-state index in [4.69, 9.17) is 5.11 Å². The average Bonchev–Trinajstić information content (AvgIpc) is 2.97. The Morgan fingerprint density at radius 1 is 0.857 bits per heavy atom. The van der Waals surface area contributed by atoms with E-state index in [1.807, 2.05) is 12.1 Å². The van der Waals surface area contributed by atoms with Crippen LogP contribution in [-0.4, -0.2) is 52.7 Å². The van der Waals surface area contributed by atoms with E-state index in [1.54, 1.807) is 6.07 Å². The minimum absolute atomic E-state index is 0.0114. The molecule has 0 spiro atoms. The molecule has 0 heterocycles. The summed E-state index contributed by atoms with van der Waals surface area (Å²) in [6.45, 7) is -0.516. The highest BCUT2D eigenvalue weighted by atomic mass is 19.4. The van der Waals surface area contributed by atoms with Crippen LogP contribution in [0.3, 0.4) is 0 Å². The summed E-state index contributed by atoms with van der Waals surface area (Å²) < 4.78 is 42.0. The van der Waals surface area contributed by atoms with Crippen molar-refractivity contribution >= 4 is 29.0 Å². The topological polar surface area (TPSA) is 130 Å². The van der Waals surface area contributed by atoms with Crippen LogP contribution in [0, 0.1) is 0 Å². The predicted octanol–water partition coefficient (Wildman–Crippen LogP) is 4.79. The number of allylic oxidation sites excluding steroid dienone is 2. The van der Waals surface area contributed by atoms with Crippen molar-refractivity contribution in [2.75, 3.05) is 6.54 Å². The number of Topliss-reactive ketones (excluding diaryl/α,β-unsaturated/α-hetero) is 1. The van der Waals surface area contributed by atoms with Gasteiger partial charge in [-0.3, -0.25) is 14.4 Å². The van der Waals surface area contributed by atoms with Crippen LogP contribution in [0.25, 0.3) is 5.57 Å². The maximum absolute atomic E-state index is 13.7. The van der Waals surface area contributed by atoms with E-state index in [-0.39, 0.29) is 22.3 Å². The number of rotatable bonds is 10. The van der Waals surface area contributed by atoms with E-state index in [9.17, 15) is 37.5 Å². The second kappa shape index (κ2) is 12.8. The van der Waals surface area contributed by atoms with Gasteiger partial charge in [0.25, 0.3) is 5.91 Å². The molecule has 0 aliphatic heterocycles. The van der Waals surface area contributed by atoms with E-state index in [2.05, 4.69) is 10.1 Å². The van der Waals surface area contributed by atoms with E-state index >= 15 is 0 Å². The number of aliphatic carboxylic acids is 1. The third-order valence-electron chi connectivity index (χ3n) is 6.68. The maximum atomic E-state index is 13.7. The number of carbonyl (C=O) groups excluding carboxylic acids is 3. The Morgan fingerprint density at radius 3 is 2.17 bits per heavy atom. The van der Waals surface area contributed by atoms with Crippen molar-refractivity contribution in [2.45, 2.75) is 38.1 Å². The summed E-state index contributed by atoms with van der Waals surface area (Å²) in [5, 5.41) is 20.4. The molecule has 0 bridgehead atoms. The lowest BCUT2D eigenvalue weighted by atomic mass is 9.87. The number of ether oxygens (including phenoxy) is 1. The van der Waals surface area contributed by atoms with Crippen LogP contribution in [0.15, 0.2) is 72.8 Å². The molecular formula is C31H26F3NO7. The van der Waals surface area contributed by atoms with Gasteiger partial charge < -0.3 is 20.3 Å². The number of hydrogen-bond acceptors (Lipinski definition) is 6. The van der Waals surface area contributed by atoms with Gasteiger partial charge in [0.05, 0.1) is 6.54 Å². The number of aliphatic hydroxyl groups is 1. The standard InChI is InChI=1S/C31H26F3NO7/c32-31(33,34)42-24-7-3-6-23(15-24)26(36)16-25(22-13-8-18-4-1-2-5-21(18)14-22)28(38)19-9-11-20(12-10-19)29(39)35-17-27(37)30(40)41/h3,6-16,27,37H,1-2,4-5,17H2,(H,35,39)(H,40,41)/t27-/m1/s1. The van der Waals surface area contributed by atoms with Crippen molar-refractivity contribution < 1.29 is 47.3 Å². The zero-order valence-corrected chi connectivity index (χ0v) is 22.1. The van der Waals surface area contributed by atoms with Crippen LogP contribution in [0.5, 0.6) is 5.75 Å². The molecule has 218 valence electrons. The van der Waals surface area contributed by atoms with Gasteiger partial charge in [-0.2, -0.15) is 0 Å². The predicted molar refractivity (Wildman–Crippen MR) is 145 cm³/mol. The first-order valence-electron chi connectivity index (χ1n) is 13.0. The van der Waals surface area contributed by atoms with Gasteiger partial charge in [0, 0.05) is 22.3 Å². The second-order valence-electron chi connectivity index (χ2n) is 9.66. The van der Waals surface area contributed by atoms with Gasteiger partial charge in [0.15, 0.2) is 17.7 Å². The summed E-state index contributed by atoms with van der Waals surface area (Å²) in [6, 6.07) is 15.4. The monoisotopic (exact) mass is 581 g/mol. The lowest BCUT2D eigenvalue weighted by Gasteiger charge is -2.17. The van der Waals surface area contributed by atoms with Crippen LogP contribution in [0.2, 0.25) is 0 Å². The molecule has 3 aromatic carbocycles. The van der Waals surface area contributed by atoms with Crippen LogP contribution >= 0.6 is 0 Å². The van der Waals surface area contributed by atoms with Crippen molar-refractivity contribution in [3.8, 4) is 5.75 Å². The highest BCUT2D eigenvalue weighted by Gasteiger charge is 2.31. The molecule has 4 rings (SSSR count). The number of ketones is 2. The third-order valence-corrected chi connectivity index (χ3v) is 6.68. The number of amides is 1. The first kappa shape index (κ1) is 30.2. The van der Waals surface area contributed by atoms with Gasteiger partial charge >= 0.3 is 12.3 Å². The molecular weight excluding hydrogens is 555 g/mol. The summed E-state index contributed by atoms with van der Waals surface area (Å²) in [5.41, 5.74) is 2.77. The number of alkyl halides is 3. The summed E-state index contributed by atoms with van der Waals surface area (Å²) in [7, 11) is 0. The van der Waals surface area contributed by atoms with Gasteiger partial charge in [-0.15, -0.1) is 13.2 Å². The molecule has 0 unspecified atom stereocenters. The van der Waals surface area contributed by atoms with Gasteiger partial charge in [-0.05, 0) is 72.7 Å². The highest BCUT2D eigenvalue weighted by molar-refractivity contribution is 6.32. The fraction of sp³-hybridized carbons (Fsp3) is 0.226. The number of halogens is 3. The SMILES string of the molecule is O=C(C=C(C(=O)c1ccc(C(=O)NC[C@@H](O)C(=O)O)cc1)c1ccc2c(c1)CCCC2)c1cccc(OC(F)(F)F)c1. The largest absolute Gasteiger partial charge is 0.573 e. The maximum Gasteiger partial charge on any atom is 0.573 e. The van der Waals surface area contributed by atoms with Crippen molar-refractivity contribution in [3.63, 3.8) is 0 Å². The summed E-state index contributed by atoms with van der Waals surface area (Å²) in [5.74, 6) is -4.01. The second-order valence-corrected chi connectivity index (χ2v) is 9.66. The van der Waals surface area contributed by atoms with E-state index in [1.165, 1.54) is 36.4 Å². The van der Waals surface area contributed by atoms with Crippen LogP contribution < -0.4 is 10.1 Å². The molecule has 0 saturated heterocycles. The van der Waals surface area contributed by atoms with Crippen molar-refractivity contribution in [2.24, 2.45) is 0 Å². The first-order chi connectivity index (χ1) is 19.9. The van der Waals surface area contributed by atoms with Crippen molar-refractivity contribution in [3.05, 3.63) is 106 Å². The fourth-order valence-electron chi connectivity index (χ4n) is 4.55. The molecule has 0 aromatic heterocycles. The molecule has 1 aliphatic carbocycles. The normalized spacial score (nSPS) is 14.0. The molecule has 1 amide bonds. The van der Waals surface area contributed by atoms with E-state index < -0.39 is 48.2 Å². The number of carboxylic acids is 1. The Labute approximate surface area is 238 Å². The Balaban J connectivity index is 1.65. The van der Waals surface area contributed by atoms with E-state index in [0.29, 0.717) is 5.56 Å². The average molecular weight is 582 g/mol. The Kier molecular flexibility index (Phi) is 9.21. The third kappa shape index (κ3) is 7.70. The van der Waals surface area contributed by atoms with Gasteiger partial charge in [0.2, 0.25) is 0 Å². The number of hydrogen-bond donors (Lipinski definition) is 3. The summed E-state index contributed by atoms with van der Waals surface area (Å²) in [4.78, 5) is 50.0. The zero-order valence-electron chi connectivity index (χ0n) is 22.1. The van der Waals surface area contributed by atoms with Gasteiger partial charge in [0.1, 0.15) is 5.75 Å². The van der Waals surface area contributed by atoms with Crippen LogP contribution in [0.1, 0.15) is 60.6 Å². The van der Waals surface area contributed by atoms with Gasteiger partial charge in [-0.25, -0.2) is 4.79 Å². The summed E-state index contributed by atoms with van der Waals surface area (Å²) >= 11 is 0. The quantitative estimate of drug-likeness (QED) is 0.232. The molecule has 3 aromatic rings. The Bertz CT molecular complexity index is 1540. The number of carboxylic acid groups (broad SMARTS) is 1. The number of nitrogens with one attached hydrogen (secondary N) is 1. The number of benzene rings is 3. The molecule has 8 nitrogen and oxygen atoms in total. The molecule has 1 aliphatic rings. The number of carbonyl (C=O) groups is 4. The molecule has 0 fully saturated rings. The van der Waals surface area contributed by atoms with Crippen molar-refractivity contribution in [1.29, 1.82) is 0 Å². The molecule has 0 saturated carbocycles. The van der Waals surface area contributed by atoms with E-state index in [0.717, 1.165) is 55.0 Å². The number of aliphatic hydroxyl groups excluding tert-OH is 1. The zero-order chi connectivity index (χ0) is 30.4. The molecule has 42 heavy (non-hydrogen) atoms. The first-order valence-corrected chi connectivity index (χ1v) is 13.0. The molecule has 3 N–H and O–H groups in total. The fourth-order valence-corrected chi connectivity index (χ4v) is 4.55. The lowest BCUT2D eigenvalue weighted by molar-refractivity contribution is -0.274. The Hall–Kier alpha value is -4.77. The number of fused-ring (bicyclic) bond motifs is 1. The van der Waals surface area contributed by atoms with Crippen LogP contribution in [-0.2, 0) is 17.6 Å². The Morgan fingerprint density at radius 2 is 1.50 bits per heavy atom. The molecule has 0 radical (unpaired) electrons. The number of aryl methyl sites for hydroxylation is 2. The smallest absolute Gasteiger partial charge is 0.479 e. The minimum atomic E-state index is -4.94. The minimum Gasteiger partial charge on any atom is -0.479 e. The van der Waals surface area contributed by atoms with Crippen molar-refractivity contribution in [1.82, 2.24) is 5.32 Å². The van der Waals surface area contributed by atoms with Gasteiger partial charge in [-0.1, -0.05) is 42.5 Å². The summed E-state index contributed by atoms with van der Waals surface area (Å²) in [6.07, 6.45) is -1.94. The molecule has 11 heteroatoms. The van der Waals surface area contributed by atoms with Crippen LogP contribution in [0.4, 0.5) is 13.2 Å². The lowest BCUT2D eigenvalue weighted by Crippen LogP contribution is -2.36. The molecule has 1 atom stereocenters.